The van der Waals surface area contributed by atoms with E-state index in [0.717, 1.165) is 135 Å². The van der Waals surface area contributed by atoms with Crippen molar-refractivity contribution in [1.29, 1.82) is 0 Å². The minimum Gasteiger partial charge on any atom is -0.394 e. The number of carbonyl (C=O) groups is 3. The van der Waals surface area contributed by atoms with E-state index in [0.29, 0.717) is 67.2 Å². The lowest BCUT2D eigenvalue weighted by molar-refractivity contribution is -0.115. The Balaban J connectivity index is 0.000000134. The Morgan fingerprint density at radius 1 is 0.460 bits per heavy atom. The number of benzene rings is 3. The van der Waals surface area contributed by atoms with Crippen LogP contribution in [-0.4, -0.2) is 113 Å². The molecular formula is C102H131N3O8. The van der Waals surface area contributed by atoms with Crippen LogP contribution in [0.3, 0.4) is 0 Å². The highest BCUT2D eigenvalue weighted by atomic mass is 16.5. The van der Waals surface area contributed by atoms with E-state index in [-0.39, 0.29) is 74.8 Å². The van der Waals surface area contributed by atoms with Crippen molar-refractivity contribution in [3.05, 3.63) is 158 Å². The Morgan fingerprint density at radius 2 is 0.805 bits per heavy atom. The third-order valence-electron chi connectivity index (χ3n) is 31.2. The molecule has 2 heterocycles. The molecule has 11 nitrogen and oxygen atoms in total. The highest BCUT2D eigenvalue weighted by Gasteiger charge is 2.66. The van der Waals surface area contributed by atoms with Gasteiger partial charge in [0.1, 0.15) is 22.4 Å². The third-order valence-corrected chi connectivity index (χ3v) is 31.2. The van der Waals surface area contributed by atoms with Crippen molar-refractivity contribution in [2.45, 2.75) is 296 Å². The van der Waals surface area contributed by atoms with Crippen LogP contribution in [0.15, 0.2) is 141 Å². The molecule has 602 valence electrons. The zero-order valence-corrected chi connectivity index (χ0v) is 71.1. The van der Waals surface area contributed by atoms with E-state index in [1.807, 2.05) is 32.1 Å². The van der Waals surface area contributed by atoms with E-state index in [9.17, 15) is 34.8 Å². The van der Waals surface area contributed by atoms with Crippen molar-refractivity contribution in [3.63, 3.8) is 0 Å². The summed E-state index contributed by atoms with van der Waals surface area (Å²) in [6, 6.07) is 28.2. The molecule has 17 atom stereocenters. The summed E-state index contributed by atoms with van der Waals surface area (Å²) >= 11 is 0. The van der Waals surface area contributed by atoms with Gasteiger partial charge in [-0.3, -0.25) is 14.4 Å². The minimum absolute atomic E-state index is 0.132. The van der Waals surface area contributed by atoms with Crippen LogP contribution in [-0.2, 0) is 19.1 Å². The lowest BCUT2D eigenvalue weighted by Gasteiger charge is -2.53. The van der Waals surface area contributed by atoms with Gasteiger partial charge in [-0.25, -0.2) is 0 Å². The zero-order valence-electron chi connectivity index (χ0n) is 71.1. The summed E-state index contributed by atoms with van der Waals surface area (Å²) in [5.74, 6) is 24.4. The van der Waals surface area contributed by atoms with Gasteiger partial charge in [0.2, 0.25) is 0 Å². The van der Waals surface area contributed by atoms with Crippen LogP contribution in [0.4, 0.5) is 17.1 Å². The van der Waals surface area contributed by atoms with Crippen molar-refractivity contribution in [2.75, 3.05) is 55.6 Å². The van der Waals surface area contributed by atoms with Gasteiger partial charge in [-0.1, -0.05) is 109 Å². The van der Waals surface area contributed by atoms with Gasteiger partial charge in [0.05, 0.1) is 12.6 Å². The Labute approximate surface area is 677 Å². The number of carbonyl (C=O) groups excluding carboxylic acids is 3. The van der Waals surface area contributed by atoms with E-state index < -0.39 is 22.4 Å². The SMILES string of the molecule is CC(C)(C)C#C[C@]1(O)CC[C@H]2[C@@H]3CCC4=CC(=O)CCC4=C3[C@@H](c3ccc(N4CCC[C@@H]4CO)cc3)C[C@@]21C.COC(C)(C)C#C[C@]1(O)CC[C@H]2[C@@H]3CCC4=CC(=O)CCC4=C3[C@@H](c3ccc(N(C)C)cc3)C[C@@]21C.C[C@H]1CCCN1c1ccc([C@H]2C[C@@]3(C)[C@@H](CC[C@@]3(O)C#CC(C)(C)C)[C@@H]3CCC4=CC(=O)CCC4=C32)cc1. The highest BCUT2D eigenvalue weighted by Crippen LogP contribution is 2.70. The first-order chi connectivity index (χ1) is 53.5. The molecule has 17 rings (SSSR count). The molecule has 113 heavy (non-hydrogen) atoms. The number of rotatable bonds is 8. The number of methoxy groups -OCH3 is 1. The molecule has 2 saturated heterocycles. The fourth-order valence-corrected chi connectivity index (χ4v) is 24.9. The molecular weight excluding hydrogens is 1400 g/mol. The van der Waals surface area contributed by atoms with Crippen LogP contribution in [0.1, 0.15) is 278 Å². The maximum absolute atomic E-state index is 12.3. The van der Waals surface area contributed by atoms with Gasteiger partial charge in [-0.05, 0) is 344 Å². The second kappa shape index (κ2) is 30.5. The van der Waals surface area contributed by atoms with Crippen molar-refractivity contribution in [3.8, 4) is 35.5 Å². The predicted molar refractivity (Wildman–Crippen MR) is 456 cm³/mol. The number of hydrogen-bond donors (Lipinski definition) is 4. The smallest absolute Gasteiger partial charge is 0.156 e. The molecule has 12 aliphatic carbocycles. The zero-order chi connectivity index (χ0) is 80.3. The molecule has 6 saturated carbocycles. The van der Waals surface area contributed by atoms with Crippen molar-refractivity contribution in [2.24, 2.45) is 62.6 Å². The van der Waals surface area contributed by atoms with Gasteiger partial charge >= 0.3 is 0 Å². The fourth-order valence-electron chi connectivity index (χ4n) is 24.9. The molecule has 8 fully saturated rings. The Morgan fingerprint density at radius 3 is 1.14 bits per heavy atom. The van der Waals surface area contributed by atoms with E-state index in [2.05, 4.69) is 206 Å². The lowest BCUT2D eigenvalue weighted by Crippen LogP contribution is -2.51. The minimum atomic E-state index is -1.04. The van der Waals surface area contributed by atoms with Crippen LogP contribution in [0.2, 0.25) is 0 Å². The molecule has 0 unspecified atom stereocenters. The number of ketones is 3. The third kappa shape index (κ3) is 14.9. The maximum Gasteiger partial charge on any atom is 0.156 e. The summed E-state index contributed by atoms with van der Waals surface area (Å²) in [7, 11) is 5.81. The molecule has 0 spiro atoms. The molecule has 0 radical (unpaired) electrons. The Hall–Kier alpha value is -7.01. The molecule has 0 bridgehead atoms. The number of anilines is 3. The first kappa shape index (κ1) is 81.1. The van der Waals surface area contributed by atoms with Gasteiger partial charge in [-0.2, -0.15) is 0 Å². The predicted octanol–water partition coefficient (Wildman–Crippen LogP) is 19.5. The van der Waals surface area contributed by atoms with Crippen molar-refractivity contribution in [1.82, 2.24) is 0 Å². The number of fused-ring (bicyclic) bond motifs is 12. The fraction of sp³-hybridized carbons (Fsp3) is 0.618. The van der Waals surface area contributed by atoms with E-state index >= 15 is 0 Å². The Kier molecular flexibility index (Phi) is 21.9. The summed E-state index contributed by atoms with van der Waals surface area (Å²) in [5, 5.41) is 46.4. The molecule has 14 aliphatic rings. The summed E-state index contributed by atoms with van der Waals surface area (Å²) in [6.45, 7) is 28.3. The molecule has 2 aliphatic heterocycles. The number of ether oxygens (including phenoxy) is 1. The summed E-state index contributed by atoms with van der Waals surface area (Å²) in [6.07, 6.45) is 29.0. The lowest BCUT2D eigenvalue weighted by atomic mass is 9.51. The van der Waals surface area contributed by atoms with Gasteiger partial charge in [0.25, 0.3) is 0 Å². The molecule has 3 aromatic carbocycles. The normalized spacial score (nSPS) is 35.5. The van der Waals surface area contributed by atoms with Crippen LogP contribution < -0.4 is 14.7 Å². The van der Waals surface area contributed by atoms with E-state index in [1.54, 1.807) is 23.8 Å². The largest absolute Gasteiger partial charge is 0.394 e. The topological polar surface area (TPSA) is 151 Å². The maximum atomic E-state index is 12.3. The van der Waals surface area contributed by atoms with Gasteiger partial charge < -0.3 is 39.9 Å². The van der Waals surface area contributed by atoms with Crippen LogP contribution in [0.25, 0.3) is 0 Å². The van der Waals surface area contributed by atoms with Gasteiger partial charge in [0.15, 0.2) is 17.3 Å². The van der Waals surface area contributed by atoms with Gasteiger partial charge in [-0.15, -0.1) is 0 Å². The summed E-state index contributed by atoms with van der Waals surface area (Å²) in [4.78, 5) is 44.0. The second-order valence-electron chi connectivity index (χ2n) is 40.7. The monoisotopic (exact) mass is 1530 g/mol. The molecule has 0 aromatic heterocycles. The first-order valence-electron chi connectivity index (χ1n) is 43.9. The van der Waals surface area contributed by atoms with E-state index in [1.165, 1.54) is 80.0 Å². The van der Waals surface area contributed by atoms with Crippen LogP contribution >= 0.6 is 0 Å². The van der Waals surface area contributed by atoms with Crippen LogP contribution in [0.5, 0.6) is 0 Å². The second-order valence-corrected chi connectivity index (χ2v) is 40.7. The number of allylic oxidation sites excluding steroid dienone is 12. The Bertz CT molecular complexity index is 4630. The van der Waals surface area contributed by atoms with Crippen molar-refractivity contribution < 1.29 is 39.5 Å². The number of aliphatic hydroxyl groups is 4. The van der Waals surface area contributed by atoms with E-state index in [4.69, 9.17) is 4.74 Å². The first-order valence-corrected chi connectivity index (χ1v) is 43.9. The molecule has 11 heteroatoms. The molecule has 0 amide bonds. The molecule has 3 aromatic rings. The number of nitrogens with zero attached hydrogens (tertiary/aromatic N) is 3. The highest BCUT2D eigenvalue weighted by molar-refractivity contribution is 5.94. The average Bonchev–Trinajstić information content (AvgIpc) is 1.63. The summed E-state index contributed by atoms with van der Waals surface area (Å²) in [5.41, 5.74) is 15.9. The summed E-state index contributed by atoms with van der Waals surface area (Å²) < 4.78 is 5.56. The quantitative estimate of drug-likeness (QED) is 0.160. The van der Waals surface area contributed by atoms with Crippen molar-refractivity contribution >= 4 is 34.4 Å². The van der Waals surface area contributed by atoms with Crippen LogP contribution in [0, 0.1) is 98.1 Å². The standard InChI is InChI=1S/C35H45NO3.C35H45NO2.C32H41NO3/c1-33(2,3)17-18-35(39)16-15-31-29-13-9-24-20-27(38)12-14-28(24)32(29)30(21-34(31,35)4)23-7-10-25(11-8-23)36-19-5-6-26(36)22-37;1-23-7-6-20-36(23)26-11-8-24(9-12-26)30-22-34(5)31(16-17-35(34,38)19-18-33(2,3)4)29-14-10-25-21-27(37)13-15-28(25)32(29)30;1-30(2,36-6)17-18-32(35)16-15-28-26-13-9-22-19-24(34)12-14-25(22)29(26)27(20-31(28,32)3)21-7-10-23(11-8-21)33(4)5/h7-8,10-11,20,26,29-31,37,39H,5-6,9,12-16,19,21-22H2,1-4H3;8-9,11-12,21,23,29-31,38H,6-7,10,13-17,20,22H2,1-5H3;7-8,10-11,19,26-28,35H,9,12-16,20H2,1-6H3/t26-,29+,30-,31+,34+,35-;23-,29-,30+,31-,34-,35+;26-,27+,28-,31-,32+/m100/s1. The number of hydrogen-bond acceptors (Lipinski definition) is 11. The molecule has 4 N–H and O–H groups in total. The van der Waals surface area contributed by atoms with Gasteiger partial charge in [0, 0.05) is 121 Å². The number of aliphatic hydroxyl groups excluding tert-OH is 1. The average molecular weight is 1530 g/mol.